The predicted molar refractivity (Wildman–Crippen MR) is 61.7 cm³/mol. The van der Waals surface area contributed by atoms with Gasteiger partial charge < -0.3 is 9.67 Å². The molecule has 1 unspecified atom stereocenters. The van der Waals surface area contributed by atoms with Crippen LogP contribution in [0.15, 0.2) is 18.7 Å². The van der Waals surface area contributed by atoms with Gasteiger partial charge in [-0.05, 0) is 6.42 Å². The molecule has 0 saturated carbocycles. The van der Waals surface area contributed by atoms with Crippen molar-refractivity contribution < 1.29 is 5.11 Å². The second-order valence-electron chi connectivity index (χ2n) is 4.05. The van der Waals surface area contributed by atoms with Gasteiger partial charge in [-0.15, -0.1) is 0 Å². The van der Waals surface area contributed by atoms with Crippen molar-refractivity contribution in [2.24, 2.45) is 0 Å². The van der Waals surface area contributed by atoms with Crippen molar-refractivity contribution >= 4 is 0 Å². The zero-order valence-corrected chi connectivity index (χ0v) is 9.60. The third-order valence-electron chi connectivity index (χ3n) is 2.80. The Balaban J connectivity index is 2.18. The summed E-state index contributed by atoms with van der Waals surface area (Å²) in [6, 6.07) is 0.217. The van der Waals surface area contributed by atoms with Gasteiger partial charge in [0.05, 0.1) is 19.0 Å². The maximum atomic E-state index is 9.25. The molecule has 3 nitrogen and oxygen atoms in total. The van der Waals surface area contributed by atoms with Crippen molar-refractivity contribution in [1.82, 2.24) is 9.55 Å². The highest BCUT2D eigenvalue weighted by Crippen LogP contribution is 2.15. The van der Waals surface area contributed by atoms with Gasteiger partial charge in [-0.2, -0.15) is 0 Å². The molecule has 3 heteroatoms. The number of hydrogen-bond donors (Lipinski definition) is 1. The van der Waals surface area contributed by atoms with Crippen LogP contribution in [0.2, 0.25) is 0 Å². The van der Waals surface area contributed by atoms with Crippen LogP contribution in [0, 0.1) is 0 Å². The molecule has 15 heavy (non-hydrogen) atoms. The molecular weight excluding hydrogens is 188 g/mol. The number of hydrogen-bond acceptors (Lipinski definition) is 2. The van der Waals surface area contributed by atoms with Crippen molar-refractivity contribution in [1.29, 1.82) is 0 Å². The zero-order chi connectivity index (χ0) is 10.9. The van der Waals surface area contributed by atoms with Crippen molar-refractivity contribution in [2.75, 3.05) is 6.61 Å². The number of unbranched alkanes of at least 4 members (excludes halogenated alkanes) is 4. The van der Waals surface area contributed by atoms with Gasteiger partial charge in [-0.1, -0.05) is 39.0 Å². The average Bonchev–Trinajstić information content (AvgIpc) is 2.77. The molecule has 1 heterocycles. The number of aromatic nitrogens is 2. The molecule has 0 fully saturated rings. The Morgan fingerprint density at radius 1 is 1.27 bits per heavy atom. The molecule has 1 aromatic rings. The minimum atomic E-state index is 0.212. The second kappa shape index (κ2) is 7.46. The van der Waals surface area contributed by atoms with Crippen molar-refractivity contribution in [3.8, 4) is 0 Å². The molecule has 1 N–H and O–H groups in total. The molecule has 0 aliphatic heterocycles. The fourth-order valence-corrected chi connectivity index (χ4v) is 1.80. The maximum absolute atomic E-state index is 9.25. The molecule has 1 aromatic heterocycles. The first kappa shape index (κ1) is 12.2. The molecule has 0 spiro atoms. The van der Waals surface area contributed by atoms with Gasteiger partial charge in [-0.3, -0.25) is 0 Å². The number of aliphatic hydroxyl groups is 1. The number of aliphatic hydroxyl groups excluding tert-OH is 1. The first-order valence-corrected chi connectivity index (χ1v) is 5.96. The Bertz CT molecular complexity index is 234. The number of nitrogens with zero attached hydrogens (tertiary/aromatic N) is 2. The van der Waals surface area contributed by atoms with Crippen LogP contribution in [0.5, 0.6) is 0 Å². The summed E-state index contributed by atoms with van der Waals surface area (Å²) in [5.74, 6) is 0. The summed E-state index contributed by atoms with van der Waals surface area (Å²) in [7, 11) is 0. The third-order valence-corrected chi connectivity index (χ3v) is 2.80. The van der Waals surface area contributed by atoms with E-state index in [0.717, 1.165) is 6.42 Å². The maximum Gasteiger partial charge on any atom is 0.0949 e. The SMILES string of the molecule is CCCCCCCC(CO)n1ccnc1. The molecule has 0 bridgehead atoms. The highest BCUT2D eigenvalue weighted by molar-refractivity contribution is 4.80. The predicted octanol–water partition coefficient (Wildman–Crippen LogP) is 2.78. The van der Waals surface area contributed by atoms with Crippen LogP contribution in [-0.4, -0.2) is 21.3 Å². The standard InChI is InChI=1S/C12H22N2O/c1-2-3-4-5-6-7-12(10-15)14-9-8-13-11-14/h8-9,11-12,15H,2-7,10H2,1H3. The minimum absolute atomic E-state index is 0.212. The summed E-state index contributed by atoms with van der Waals surface area (Å²) in [6.45, 7) is 2.44. The lowest BCUT2D eigenvalue weighted by Crippen LogP contribution is -2.11. The lowest BCUT2D eigenvalue weighted by atomic mass is 10.1. The molecular formula is C12H22N2O. The van der Waals surface area contributed by atoms with E-state index in [4.69, 9.17) is 0 Å². The van der Waals surface area contributed by atoms with Crippen LogP contribution in [0.3, 0.4) is 0 Å². The van der Waals surface area contributed by atoms with E-state index in [-0.39, 0.29) is 12.6 Å². The van der Waals surface area contributed by atoms with Gasteiger partial charge in [0.1, 0.15) is 0 Å². The van der Waals surface area contributed by atoms with Crippen LogP contribution < -0.4 is 0 Å². The summed E-state index contributed by atoms with van der Waals surface area (Å²) in [4.78, 5) is 4.00. The summed E-state index contributed by atoms with van der Waals surface area (Å²) in [5.41, 5.74) is 0. The first-order valence-electron chi connectivity index (χ1n) is 5.96. The minimum Gasteiger partial charge on any atom is -0.394 e. The van der Waals surface area contributed by atoms with Crippen LogP contribution in [0.4, 0.5) is 0 Å². The van der Waals surface area contributed by atoms with Gasteiger partial charge >= 0.3 is 0 Å². The van der Waals surface area contributed by atoms with E-state index in [1.807, 2.05) is 10.8 Å². The van der Waals surface area contributed by atoms with E-state index in [2.05, 4.69) is 11.9 Å². The lowest BCUT2D eigenvalue weighted by molar-refractivity contribution is 0.217. The Morgan fingerprint density at radius 2 is 2.07 bits per heavy atom. The van der Waals surface area contributed by atoms with Crippen molar-refractivity contribution in [3.05, 3.63) is 18.7 Å². The van der Waals surface area contributed by atoms with E-state index in [9.17, 15) is 5.11 Å². The van der Waals surface area contributed by atoms with E-state index in [0.29, 0.717) is 0 Å². The zero-order valence-electron chi connectivity index (χ0n) is 9.60. The summed E-state index contributed by atoms with van der Waals surface area (Å²) < 4.78 is 2.00. The molecule has 0 aliphatic carbocycles. The fraction of sp³-hybridized carbons (Fsp3) is 0.750. The summed E-state index contributed by atoms with van der Waals surface area (Å²) >= 11 is 0. The summed E-state index contributed by atoms with van der Waals surface area (Å²) in [5, 5.41) is 9.25. The number of imidazole rings is 1. The van der Waals surface area contributed by atoms with Crippen molar-refractivity contribution in [2.45, 2.75) is 51.5 Å². The highest BCUT2D eigenvalue weighted by Gasteiger charge is 2.07. The Kier molecular flexibility index (Phi) is 6.09. The molecule has 0 aliphatic rings. The van der Waals surface area contributed by atoms with Gasteiger partial charge in [0.15, 0.2) is 0 Å². The molecule has 0 radical (unpaired) electrons. The van der Waals surface area contributed by atoms with Crippen LogP contribution >= 0.6 is 0 Å². The van der Waals surface area contributed by atoms with Crippen LogP contribution in [0.25, 0.3) is 0 Å². The smallest absolute Gasteiger partial charge is 0.0949 e. The Labute approximate surface area is 92.1 Å². The largest absolute Gasteiger partial charge is 0.394 e. The normalized spacial score (nSPS) is 12.9. The molecule has 1 atom stereocenters. The Hall–Kier alpha value is -0.830. The number of rotatable bonds is 8. The molecule has 0 saturated heterocycles. The van der Waals surface area contributed by atoms with Crippen molar-refractivity contribution in [3.63, 3.8) is 0 Å². The van der Waals surface area contributed by atoms with Gasteiger partial charge in [0.2, 0.25) is 0 Å². The van der Waals surface area contributed by atoms with Crippen LogP contribution in [-0.2, 0) is 0 Å². The fourth-order valence-electron chi connectivity index (χ4n) is 1.80. The lowest BCUT2D eigenvalue weighted by Gasteiger charge is -2.15. The van der Waals surface area contributed by atoms with Gasteiger partial charge in [0, 0.05) is 12.4 Å². The summed E-state index contributed by atoms with van der Waals surface area (Å²) in [6.07, 6.45) is 12.9. The molecule has 86 valence electrons. The quantitative estimate of drug-likeness (QED) is 0.670. The molecule has 0 aromatic carbocycles. The van der Waals surface area contributed by atoms with Gasteiger partial charge in [-0.25, -0.2) is 4.98 Å². The average molecular weight is 210 g/mol. The van der Waals surface area contributed by atoms with E-state index in [1.54, 1.807) is 12.5 Å². The van der Waals surface area contributed by atoms with Crippen LogP contribution in [0.1, 0.15) is 51.5 Å². The van der Waals surface area contributed by atoms with E-state index < -0.39 is 0 Å². The van der Waals surface area contributed by atoms with E-state index >= 15 is 0 Å². The van der Waals surface area contributed by atoms with E-state index in [1.165, 1.54) is 32.1 Å². The third kappa shape index (κ3) is 4.47. The highest BCUT2D eigenvalue weighted by atomic mass is 16.3. The Morgan fingerprint density at radius 3 is 2.67 bits per heavy atom. The molecule has 0 amide bonds. The second-order valence-corrected chi connectivity index (χ2v) is 4.05. The first-order chi connectivity index (χ1) is 7.38. The molecule has 1 rings (SSSR count). The topological polar surface area (TPSA) is 38.0 Å². The monoisotopic (exact) mass is 210 g/mol. The van der Waals surface area contributed by atoms with Gasteiger partial charge in [0.25, 0.3) is 0 Å².